The van der Waals surface area contributed by atoms with Crippen LogP contribution in [0.3, 0.4) is 0 Å². The van der Waals surface area contributed by atoms with Crippen LogP contribution in [0.5, 0.6) is 5.75 Å². The number of hydrogen-bond acceptors (Lipinski definition) is 6. The Morgan fingerprint density at radius 3 is 2.61 bits per heavy atom. The van der Waals surface area contributed by atoms with Crippen molar-refractivity contribution in [2.45, 2.75) is 32.2 Å². The largest absolute Gasteiger partial charge is 0.506 e. The van der Waals surface area contributed by atoms with Crippen LogP contribution in [-0.2, 0) is 23.8 Å². The Labute approximate surface area is 138 Å². The molecular formula is C16H17ClO6. The van der Waals surface area contributed by atoms with Gasteiger partial charge in [0.2, 0.25) is 0 Å². The van der Waals surface area contributed by atoms with Crippen LogP contribution in [0.4, 0.5) is 0 Å². The lowest BCUT2D eigenvalue weighted by Crippen LogP contribution is -2.39. The van der Waals surface area contributed by atoms with Crippen molar-refractivity contribution in [3.05, 3.63) is 40.9 Å². The summed E-state index contributed by atoms with van der Waals surface area (Å²) in [6, 6.07) is 4.77. The number of phenols is 1. The molecule has 0 fully saturated rings. The molecule has 0 spiro atoms. The first-order valence-corrected chi connectivity index (χ1v) is 7.37. The van der Waals surface area contributed by atoms with Gasteiger partial charge in [0.1, 0.15) is 30.7 Å². The highest BCUT2D eigenvalue weighted by atomic mass is 35.5. The van der Waals surface area contributed by atoms with Crippen molar-refractivity contribution in [2.24, 2.45) is 0 Å². The van der Waals surface area contributed by atoms with Crippen LogP contribution in [0.1, 0.15) is 25.5 Å². The van der Waals surface area contributed by atoms with Gasteiger partial charge in [-0.05, 0) is 23.8 Å². The molecule has 2 rings (SSSR count). The summed E-state index contributed by atoms with van der Waals surface area (Å²) >= 11 is 5.79. The van der Waals surface area contributed by atoms with Gasteiger partial charge in [0.05, 0.1) is 5.02 Å². The fourth-order valence-corrected chi connectivity index (χ4v) is 2.30. The normalized spacial score (nSPS) is 23.3. The van der Waals surface area contributed by atoms with Gasteiger partial charge in [-0.25, -0.2) is 0 Å². The molecule has 1 aromatic rings. The molecule has 1 aliphatic heterocycles. The number of rotatable bonds is 4. The van der Waals surface area contributed by atoms with Gasteiger partial charge in [-0.3, -0.25) is 9.59 Å². The first-order chi connectivity index (χ1) is 10.9. The molecular weight excluding hydrogens is 324 g/mol. The van der Waals surface area contributed by atoms with Gasteiger partial charge < -0.3 is 19.3 Å². The molecule has 1 heterocycles. The summed E-state index contributed by atoms with van der Waals surface area (Å²) in [5, 5.41) is 9.93. The molecule has 3 unspecified atom stereocenters. The molecule has 1 aromatic carbocycles. The summed E-state index contributed by atoms with van der Waals surface area (Å²) in [5.41, 5.74) is 0.678. The lowest BCUT2D eigenvalue weighted by molar-refractivity contribution is -0.163. The number of esters is 2. The SMILES string of the molecule is CC(=O)OCC1OC(c2ccc(Cl)c(O)c2)C=CC1OC(C)=O. The predicted octanol–water partition coefficient (Wildman–Crippen LogP) is 2.54. The Balaban J connectivity index is 2.18. The van der Waals surface area contributed by atoms with E-state index in [1.807, 2.05) is 0 Å². The Bertz CT molecular complexity index is 627. The predicted molar refractivity (Wildman–Crippen MR) is 82.1 cm³/mol. The summed E-state index contributed by atoms with van der Waals surface area (Å²) in [5.74, 6) is -0.969. The molecule has 6 nitrogen and oxygen atoms in total. The molecule has 0 saturated heterocycles. The maximum atomic E-state index is 11.2. The van der Waals surface area contributed by atoms with E-state index in [1.165, 1.54) is 19.9 Å². The maximum Gasteiger partial charge on any atom is 0.303 e. The minimum Gasteiger partial charge on any atom is -0.506 e. The first kappa shape index (κ1) is 17.3. The van der Waals surface area contributed by atoms with Gasteiger partial charge in [-0.15, -0.1) is 0 Å². The van der Waals surface area contributed by atoms with E-state index in [0.717, 1.165) is 0 Å². The topological polar surface area (TPSA) is 82.1 Å². The number of carbonyl (C=O) groups excluding carboxylic acids is 2. The molecule has 0 aliphatic carbocycles. The van der Waals surface area contributed by atoms with Crippen LogP contribution >= 0.6 is 11.6 Å². The highest BCUT2D eigenvalue weighted by Crippen LogP contribution is 2.32. The smallest absolute Gasteiger partial charge is 0.303 e. The van der Waals surface area contributed by atoms with E-state index < -0.39 is 30.3 Å². The summed E-state index contributed by atoms with van der Waals surface area (Å²) in [4.78, 5) is 22.2. The van der Waals surface area contributed by atoms with Crippen LogP contribution in [-0.4, -0.2) is 35.9 Å². The number of aromatic hydroxyl groups is 1. The Kier molecular flexibility index (Phi) is 5.63. The van der Waals surface area contributed by atoms with Gasteiger partial charge in [0, 0.05) is 13.8 Å². The Morgan fingerprint density at radius 2 is 2.00 bits per heavy atom. The van der Waals surface area contributed by atoms with Crippen molar-refractivity contribution in [3.8, 4) is 5.75 Å². The third-order valence-corrected chi connectivity index (χ3v) is 3.53. The molecule has 3 atom stereocenters. The van der Waals surface area contributed by atoms with Crippen molar-refractivity contribution >= 4 is 23.5 Å². The molecule has 7 heteroatoms. The molecule has 1 aliphatic rings. The minimum atomic E-state index is -0.649. The van der Waals surface area contributed by atoms with Gasteiger partial charge in [-0.2, -0.15) is 0 Å². The van der Waals surface area contributed by atoms with E-state index in [9.17, 15) is 14.7 Å². The molecule has 0 aromatic heterocycles. The second-order valence-corrected chi connectivity index (χ2v) is 5.47. The van der Waals surface area contributed by atoms with Gasteiger partial charge >= 0.3 is 11.9 Å². The zero-order chi connectivity index (χ0) is 17.0. The van der Waals surface area contributed by atoms with Crippen LogP contribution < -0.4 is 0 Å². The number of carbonyl (C=O) groups is 2. The second kappa shape index (κ2) is 7.48. The monoisotopic (exact) mass is 340 g/mol. The summed E-state index contributed by atoms with van der Waals surface area (Å²) in [6.07, 6.45) is 1.61. The van der Waals surface area contributed by atoms with Crippen molar-refractivity contribution in [1.29, 1.82) is 0 Å². The summed E-state index contributed by atoms with van der Waals surface area (Å²) < 4.78 is 15.9. The fraction of sp³-hybridized carbons (Fsp3) is 0.375. The molecule has 1 N–H and O–H groups in total. The van der Waals surface area contributed by atoms with Gasteiger partial charge in [-0.1, -0.05) is 23.7 Å². The average molecular weight is 341 g/mol. The zero-order valence-corrected chi connectivity index (χ0v) is 13.4. The highest BCUT2D eigenvalue weighted by Gasteiger charge is 2.31. The van der Waals surface area contributed by atoms with Crippen molar-refractivity contribution in [1.82, 2.24) is 0 Å². The quantitative estimate of drug-likeness (QED) is 0.670. The molecule has 0 amide bonds. The molecule has 0 bridgehead atoms. The molecule has 0 radical (unpaired) electrons. The highest BCUT2D eigenvalue weighted by molar-refractivity contribution is 6.32. The van der Waals surface area contributed by atoms with E-state index in [2.05, 4.69) is 0 Å². The first-order valence-electron chi connectivity index (χ1n) is 6.99. The van der Waals surface area contributed by atoms with E-state index in [-0.39, 0.29) is 17.4 Å². The van der Waals surface area contributed by atoms with E-state index in [1.54, 1.807) is 24.3 Å². The van der Waals surface area contributed by atoms with Crippen molar-refractivity contribution in [2.75, 3.05) is 6.61 Å². The number of hydrogen-bond donors (Lipinski definition) is 1. The number of benzene rings is 1. The third-order valence-electron chi connectivity index (χ3n) is 3.22. The Morgan fingerprint density at radius 1 is 1.26 bits per heavy atom. The van der Waals surface area contributed by atoms with Crippen LogP contribution in [0, 0.1) is 0 Å². The third kappa shape index (κ3) is 4.71. The average Bonchev–Trinajstić information content (AvgIpc) is 2.48. The lowest BCUT2D eigenvalue weighted by Gasteiger charge is -2.31. The van der Waals surface area contributed by atoms with E-state index >= 15 is 0 Å². The fourth-order valence-electron chi connectivity index (χ4n) is 2.18. The molecule has 0 saturated carbocycles. The number of ether oxygens (including phenoxy) is 3. The molecule has 23 heavy (non-hydrogen) atoms. The summed E-state index contributed by atoms with van der Waals surface area (Å²) in [7, 11) is 0. The Hall–Kier alpha value is -2.05. The minimum absolute atomic E-state index is 0.0479. The van der Waals surface area contributed by atoms with Crippen LogP contribution in [0.15, 0.2) is 30.4 Å². The van der Waals surface area contributed by atoms with E-state index in [0.29, 0.717) is 5.56 Å². The molecule has 124 valence electrons. The van der Waals surface area contributed by atoms with Gasteiger partial charge in [0.25, 0.3) is 0 Å². The zero-order valence-electron chi connectivity index (χ0n) is 12.7. The van der Waals surface area contributed by atoms with Crippen LogP contribution in [0.25, 0.3) is 0 Å². The van der Waals surface area contributed by atoms with Crippen molar-refractivity contribution < 1.29 is 28.9 Å². The van der Waals surface area contributed by atoms with Crippen LogP contribution in [0.2, 0.25) is 5.02 Å². The number of phenolic OH excluding ortho intramolecular Hbond substituents is 1. The standard InChI is InChI=1S/C16H17ClO6/c1-9(18)21-8-16-15(22-10(2)19)6-5-14(23-16)11-3-4-12(17)13(20)7-11/h3-7,14-16,20H,8H2,1-2H3. The van der Waals surface area contributed by atoms with E-state index in [4.69, 9.17) is 25.8 Å². The summed E-state index contributed by atoms with van der Waals surface area (Å²) in [6.45, 7) is 2.53. The van der Waals surface area contributed by atoms with Gasteiger partial charge in [0.15, 0.2) is 0 Å². The lowest BCUT2D eigenvalue weighted by atomic mass is 10.0. The number of halogens is 1. The van der Waals surface area contributed by atoms with Crippen molar-refractivity contribution in [3.63, 3.8) is 0 Å². The maximum absolute atomic E-state index is 11.2. The second-order valence-electron chi connectivity index (χ2n) is 5.07.